The van der Waals surface area contributed by atoms with E-state index in [-0.39, 0.29) is 10.8 Å². The van der Waals surface area contributed by atoms with E-state index in [9.17, 15) is 18.0 Å². The Hall–Kier alpha value is -2.97. The Morgan fingerprint density at radius 3 is 2.30 bits per heavy atom. The summed E-state index contributed by atoms with van der Waals surface area (Å²) in [6.07, 6.45) is 2.94. The highest BCUT2D eigenvalue weighted by molar-refractivity contribution is 7.89. The minimum Gasteiger partial charge on any atom is -0.355 e. The Morgan fingerprint density at radius 2 is 1.70 bits per heavy atom. The van der Waals surface area contributed by atoms with Gasteiger partial charge < -0.3 is 10.6 Å². The Bertz CT molecular complexity index is 965. The van der Waals surface area contributed by atoms with Crippen molar-refractivity contribution in [2.24, 2.45) is 0 Å². The first kappa shape index (κ1) is 20.3. The van der Waals surface area contributed by atoms with Gasteiger partial charge in [-0.3, -0.25) is 9.59 Å². The predicted octanol–water partition coefficient (Wildman–Crippen LogP) is 1.95. The number of nitrogens with one attached hydrogen (secondary N) is 2. The number of nitrogens with zero attached hydrogens (tertiary/aromatic N) is 1. The topological polar surface area (TPSA) is 95.6 Å². The van der Waals surface area contributed by atoms with Crippen LogP contribution in [0.1, 0.15) is 15.9 Å². The molecule has 2 aromatic rings. The molecule has 2 N–H and O–H groups in total. The maximum atomic E-state index is 12.1. The zero-order chi connectivity index (χ0) is 20.0. The van der Waals surface area contributed by atoms with Crippen LogP contribution in [0.25, 0.3) is 6.08 Å². The van der Waals surface area contributed by atoms with E-state index in [1.807, 2.05) is 0 Å². The molecule has 27 heavy (non-hydrogen) atoms. The van der Waals surface area contributed by atoms with E-state index < -0.39 is 15.9 Å². The zero-order valence-corrected chi connectivity index (χ0v) is 16.1. The van der Waals surface area contributed by atoms with Crippen molar-refractivity contribution in [3.63, 3.8) is 0 Å². The lowest BCUT2D eigenvalue weighted by molar-refractivity contribution is -0.111. The molecule has 0 unspecified atom stereocenters. The molecule has 0 aromatic heterocycles. The van der Waals surface area contributed by atoms with Crippen LogP contribution in [0.5, 0.6) is 0 Å². The SMILES string of the molecule is CNC(=O)c1ccc(/C=C/C(=O)Nc2cccc(S(=O)(=O)N(C)C)c2)cc1. The highest BCUT2D eigenvalue weighted by atomic mass is 32.2. The van der Waals surface area contributed by atoms with Gasteiger partial charge in [0.1, 0.15) is 0 Å². The monoisotopic (exact) mass is 387 g/mol. The standard InChI is InChI=1S/C19H21N3O4S/c1-20-19(24)15-10-7-14(8-11-15)9-12-18(23)21-16-5-4-6-17(13-16)27(25,26)22(2)3/h4-13H,1-3H3,(H,20,24)(H,21,23)/b12-9+. The minimum atomic E-state index is -3.57. The van der Waals surface area contributed by atoms with Gasteiger partial charge in [-0.2, -0.15) is 0 Å². The van der Waals surface area contributed by atoms with Gasteiger partial charge in [0, 0.05) is 38.5 Å². The van der Waals surface area contributed by atoms with E-state index in [1.54, 1.807) is 49.5 Å². The van der Waals surface area contributed by atoms with Crippen molar-refractivity contribution >= 4 is 33.6 Å². The van der Waals surface area contributed by atoms with Crippen molar-refractivity contribution in [2.45, 2.75) is 4.90 Å². The first-order valence-corrected chi connectivity index (χ1v) is 9.52. The summed E-state index contributed by atoms with van der Waals surface area (Å²) in [6.45, 7) is 0. The average Bonchev–Trinajstić information content (AvgIpc) is 2.66. The number of benzene rings is 2. The number of sulfonamides is 1. The summed E-state index contributed by atoms with van der Waals surface area (Å²) >= 11 is 0. The van der Waals surface area contributed by atoms with Gasteiger partial charge in [0.2, 0.25) is 15.9 Å². The van der Waals surface area contributed by atoms with Crippen LogP contribution in [0.4, 0.5) is 5.69 Å². The van der Waals surface area contributed by atoms with Gasteiger partial charge in [0.15, 0.2) is 0 Å². The van der Waals surface area contributed by atoms with Crippen molar-refractivity contribution in [3.8, 4) is 0 Å². The molecule has 0 saturated heterocycles. The van der Waals surface area contributed by atoms with Crippen molar-refractivity contribution in [2.75, 3.05) is 26.5 Å². The summed E-state index contributed by atoms with van der Waals surface area (Å²) in [7, 11) is 0.869. The van der Waals surface area contributed by atoms with E-state index in [4.69, 9.17) is 0 Å². The summed E-state index contributed by atoms with van der Waals surface area (Å²) in [6, 6.07) is 12.8. The summed E-state index contributed by atoms with van der Waals surface area (Å²) in [5, 5.41) is 5.16. The third-order valence-electron chi connectivity index (χ3n) is 3.71. The highest BCUT2D eigenvalue weighted by Gasteiger charge is 2.17. The number of carbonyl (C=O) groups is 2. The Kier molecular flexibility index (Phi) is 6.49. The average molecular weight is 387 g/mol. The Labute approximate surface area is 158 Å². The first-order valence-electron chi connectivity index (χ1n) is 8.08. The maximum Gasteiger partial charge on any atom is 0.251 e. The molecule has 142 valence electrons. The van der Waals surface area contributed by atoms with Gasteiger partial charge in [-0.25, -0.2) is 12.7 Å². The van der Waals surface area contributed by atoms with Crippen molar-refractivity contribution in [1.29, 1.82) is 0 Å². The van der Waals surface area contributed by atoms with E-state index in [0.717, 1.165) is 9.87 Å². The van der Waals surface area contributed by atoms with Gasteiger partial charge in [0.05, 0.1) is 4.90 Å². The molecule has 0 heterocycles. The van der Waals surface area contributed by atoms with Crippen LogP contribution in [0.15, 0.2) is 59.5 Å². The molecule has 0 aliphatic heterocycles. The fraction of sp³-hybridized carbons (Fsp3) is 0.158. The molecule has 2 aromatic carbocycles. The summed E-state index contributed by atoms with van der Waals surface area (Å²) in [4.78, 5) is 23.7. The second-order valence-electron chi connectivity index (χ2n) is 5.84. The van der Waals surface area contributed by atoms with Gasteiger partial charge >= 0.3 is 0 Å². The summed E-state index contributed by atoms with van der Waals surface area (Å²) < 4.78 is 25.4. The first-order chi connectivity index (χ1) is 12.7. The highest BCUT2D eigenvalue weighted by Crippen LogP contribution is 2.18. The zero-order valence-electron chi connectivity index (χ0n) is 15.3. The van der Waals surface area contributed by atoms with Crippen molar-refractivity contribution in [3.05, 3.63) is 65.7 Å². The maximum absolute atomic E-state index is 12.1. The van der Waals surface area contributed by atoms with Crippen LogP contribution in [-0.4, -0.2) is 45.7 Å². The van der Waals surface area contributed by atoms with E-state index in [1.165, 1.54) is 32.3 Å². The summed E-state index contributed by atoms with van der Waals surface area (Å²) in [5.41, 5.74) is 1.65. The van der Waals surface area contributed by atoms with Crippen LogP contribution in [0.2, 0.25) is 0 Å². The van der Waals surface area contributed by atoms with E-state index in [0.29, 0.717) is 11.3 Å². The lowest BCUT2D eigenvalue weighted by Gasteiger charge is -2.12. The molecule has 0 aliphatic carbocycles. The quantitative estimate of drug-likeness (QED) is 0.741. The van der Waals surface area contributed by atoms with Crippen molar-refractivity contribution < 1.29 is 18.0 Å². The summed E-state index contributed by atoms with van der Waals surface area (Å²) in [5.74, 6) is -0.583. The van der Waals surface area contributed by atoms with Gasteiger partial charge in [-0.15, -0.1) is 0 Å². The lowest BCUT2D eigenvalue weighted by atomic mass is 10.1. The smallest absolute Gasteiger partial charge is 0.251 e. The van der Waals surface area contributed by atoms with Gasteiger partial charge in [-0.1, -0.05) is 18.2 Å². The number of hydrogen-bond donors (Lipinski definition) is 2. The number of carbonyl (C=O) groups excluding carboxylic acids is 2. The second kappa shape index (κ2) is 8.61. The molecule has 0 spiro atoms. The molecule has 0 saturated carbocycles. The van der Waals surface area contributed by atoms with Crippen LogP contribution in [-0.2, 0) is 14.8 Å². The fourth-order valence-corrected chi connectivity index (χ4v) is 3.14. The van der Waals surface area contributed by atoms with Crippen molar-refractivity contribution in [1.82, 2.24) is 9.62 Å². The van der Waals surface area contributed by atoms with Crippen LogP contribution >= 0.6 is 0 Å². The molecular weight excluding hydrogens is 366 g/mol. The molecule has 2 amide bonds. The third kappa shape index (κ3) is 5.25. The fourth-order valence-electron chi connectivity index (χ4n) is 2.19. The Balaban J connectivity index is 2.08. The van der Waals surface area contributed by atoms with E-state index >= 15 is 0 Å². The van der Waals surface area contributed by atoms with Crippen LogP contribution in [0.3, 0.4) is 0 Å². The number of hydrogen-bond acceptors (Lipinski definition) is 4. The predicted molar refractivity (Wildman–Crippen MR) is 105 cm³/mol. The molecule has 0 aliphatic rings. The molecule has 0 fully saturated rings. The molecule has 7 nitrogen and oxygen atoms in total. The minimum absolute atomic E-state index is 0.0964. The molecule has 2 rings (SSSR count). The molecule has 0 bridgehead atoms. The van der Waals surface area contributed by atoms with Gasteiger partial charge in [-0.05, 0) is 42.0 Å². The third-order valence-corrected chi connectivity index (χ3v) is 5.52. The van der Waals surface area contributed by atoms with Crippen LogP contribution in [0, 0.1) is 0 Å². The molecule has 0 radical (unpaired) electrons. The van der Waals surface area contributed by atoms with Crippen LogP contribution < -0.4 is 10.6 Å². The second-order valence-corrected chi connectivity index (χ2v) is 7.99. The molecular formula is C19H21N3O4S. The number of rotatable bonds is 6. The largest absolute Gasteiger partial charge is 0.355 e. The number of anilines is 1. The normalized spacial score (nSPS) is 11.6. The Morgan fingerprint density at radius 1 is 1.04 bits per heavy atom. The number of amides is 2. The molecule has 0 atom stereocenters. The molecule has 8 heteroatoms. The lowest BCUT2D eigenvalue weighted by Crippen LogP contribution is -2.22. The van der Waals surface area contributed by atoms with E-state index in [2.05, 4.69) is 10.6 Å². The van der Waals surface area contributed by atoms with Gasteiger partial charge in [0.25, 0.3) is 5.91 Å².